The number of hydrogen-bond donors (Lipinski definition) is 1. The van der Waals surface area contributed by atoms with Crippen molar-refractivity contribution in [2.75, 3.05) is 23.3 Å². The van der Waals surface area contributed by atoms with Gasteiger partial charge < -0.3 is 9.88 Å². The summed E-state index contributed by atoms with van der Waals surface area (Å²) in [5, 5.41) is 21.5. The SMILES string of the molecule is C[C@H]1C[C@@H]1Nc1cc(-c2cc(C#N)ccc2-c2nncn2C)cc(N2Cc3c(cc(CN4CCC5(CC5)C4)cc3C(F)(F)F)C2=O)n1. The van der Waals surface area contributed by atoms with Gasteiger partial charge in [-0.05, 0) is 108 Å². The predicted molar refractivity (Wildman–Crippen MR) is 169 cm³/mol. The van der Waals surface area contributed by atoms with E-state index in [9.17, 15) is 23.2 Å². The highest BCUT2D eigenvalue weighted by atomic mass is 19.4. The normalized spacial score (nSPS) is 21.3. The van der Waals surface area contributed by atoms with E-state index in [0.717, 1.165) is 25.9 Å². The molecule has 9 nitrogen and oxygen atoms in total. The number of halogens is 3. The molecule has 1 amide bonds. The summed E-state index contributed by atoms with van der Waals surface area (Å²) in [4.78, 5) is 22.4. The zero-order valence-electron chi connectivity index (χ0n) is 26.1. The molecule has 2 aliphatic heterocycles. The van der Waals surface area contributed by atoms with Gasteiger partial charge in [-0.2, -0.15) is 18.4 Å². The van der Waals surface area contributed by atoms with Crippen LogP contribution in [0.2, 0.25) is 0 Å². The number of nitrogens with one attached hydrogen (secondary N) is 1. The molecule has 0 unspecified atom stereocenters. The first kappa shape index (κ1) is 29.6. The second-order valence-electron chi connectivity index (χ2n) is 13.7. The number of hydrogen-bond acceptors (Lipinski definition) is 7. The van der Waals surface area contributed by atoms with Crippen molar-refractivity contribution in [3.8, 4) is 28.6 Å². The van der Waals surface area contributed by atoms with Crippen molar-refractivity contribution in [3.63, 3.8) is 0 Å². The molecule has 4 heterocycles. The van der Waals surface area contributed by atoms with E-state index in [4.69, 9.17) is 4.98 Å². The molecule has 2 aromatic carbocycles. The number of alkyl halides is 3. The van der Waals surface area contributed by atoms with Gasteiger partial charge in [-0.3, -0.25) is 14.6 Å². The van der Waals surface area contributed by atoms with E-state index < -0.39 is 17.6 Å². The average molecular weight is 639 g/mol. The molecular formula is C35H33F3N8O. The molecule has 2 aliphatic carbocycles. The number of aromatic nitrogens is 4. The zero-order valence-corrected chi connectivity index (χ0v) is 26.1. The molecule has 240 valence electrons. The third kappa shape index (κ3) is 5.42. The van der Waals surface area contributed by atoms with Crippen molar-refractivity contribution in [3.05, 3.63) is 76.6 Å². The lowest BCUT2D eigenvalue weighted by molar-refractivity contribution is -0.138. The van der Waals surface area contributed by atoms with Crippen molar-refractivity contribution in [2.24, 2.45) is 18.4 Å². The Bertz CT molecular complexity index is 1970. The molecule has 4 aliphatic rings. The fourth-order valence-corrected chi connectivity index (χ4v) is 7.17. The maximum absolute atomic E-state index is 14.5. The minimum atomic E-state index is -4.62. The van der Waals surface area contributed by atoms with Crippen LogP contribution in [0.25, 0.3) is 22.5 Å². The number of carbonyl (C=O) groups excluding carboxylic acids is 1. The molecule has 2 aromatic heterocycles. The number of aryl methyl sites for hydroxylation is 1. The number of rotatable bonds is 7. The van der Waals surface area contributed by atoms with Crippen LogP contribution in [0.5, 0.6) is 0 Å². The Morgan fingerprint density at radius 2 is 1.89 bits per heavy atom. The van der Waals surface area contributed by atoms with Gasteiger partial charge in [0.15, 0.2) is 5.82 Å². The van der Waals surface area contributed by atoms with Crippen molar-refractivity contribution in [1.29, 1.82) is 5.26 Å². The fourth-order valence-electron chi connectivity index (χ4n) is 7.17. The van der Waals surface area contributed by atoms with Gasteiger partial charge in [-0.1, -0.05) is 6.92 Å². The summed E-state index contributed by atoms with van der Waals surface area (Å²) in [6.07, 6.45) is 1.35. The van der Waals surface area contributed by atoms with Crippen molar-refractivity contribution >= 4 is 17.5 Å². The first-order valence-corrected chi connectivity index (χ1v) is 15.9. The van der Waals surface area contributed by atoms with Crippen LogP contribution in [0.15, 0.2) is 48.8 Å². The Balaban J connectivity index is 1.20. The summed E-state index contributed by atoms with van der Waals surface area (Å²) in [6, 6.07) is 14.0. The molecule has 1 saturated heterocycles. The lowest BCUT2D eigenvalue weighted by Crippen LogP contribution is -2.25. The maximum atomic E-state index is 14.5. The van der Waals surface area contributed by atoms with Gasteiger partial charge in [0.25, 0.3) is 5.91 Å². The van der Waals surface area contributed by atoms with Crippen LogP contribution in [-0.4, -0.2) is 49.7 Å². The largest absolute Gasteiger partial charge is 0.416 e. The second-order valence-corrected chi connectivity index (χ2v) is 13.7. The van der Waals surface area contributed by atoms with Gasteiger partial charge >= 0.3 is 6.18 Å². The van der Waals surface area contributed by atoms with E-state index >= 15 is 0 Å². The molecule has 0 radical (unpaired) electrons. The van der Waals surface area contributed by atoms with E-state index in [2.05, 4.69) is 33.4 Å². The number of nitrogens with zero attached hydrogens (tertiary/aromatic N) is 7. The van der Waals surface area contributed by atoms with Crippen LogP contribution in [0.3, 0.4) is 0 Å². The molecule has 1 spiro atoms. The molecule has 2 saturated carbocycles. The summed E-state index contributed by atoms with van der Waals surface area (Å²) < 4.78 is 45.4. The van der Waals surface area contributed by atoms with E-state index in [-0.39, 0.29) is 29.5 Å². The molecule has 3 fully saturated rings. The summed E-state index contributed by atoms with van der Waals surface area (Å²) in [5.74, 6) is 1.24. The first-order chi connectivity index (χ1) is 22.5. The summed E-state index contributed by atoms with van der Waals surface area (Å²) in [5.41, 5.74) is 2.55. The van der Waals surface area contributed by atoms with Crippen molar-refractivity contribution in [1.82, 2.24) is 24.6 Å². The number of pyridine rings is 1. The Hall–Kier alpha value is -4.76. The van der Waals surface area contributed by atoms with Crippen LogP contribution < -0.4 is 10.2 Å². The zero-order chi connectivity index (χ0) is 32.7. The molecular weight excluding hydrogens is 605 g/mol. The van der Waals surface area contributed by atoms with Gasteiger partial charge in [0.05, 0.1) is 23.7 Å². The van der Waals surface area contributed by atoms with Crippen LogP contribution in [0.4, 0.5) is 24.8 Å². The van der Waals surface area contributed by atoms with Gasteiger partial charge in [-0.15, -0.1) is 10.2 Å². The third-order valence-corrected chi connectivity index (χ3v) is 10.2. The molecule has 12 heteroatoms. The topological polar surface area (TPSA) is 103 Å². The highest BCUT2D eigenvalue weighted by Crippen LogP contribution is 2.53. The average Bonchev–Trinajstić information content (AvgIpc) is 3.78. The second kappa shape index (κ2) is 10.6. The summed E-state index contributed by atoms with van der Waals surface area (Å²) >= 11 is 0. The minimum Gasteiger partial charge on any atom is -0.367 e. The predicted octanol–water partition coefficient (Wildman–Crippen LogP) is 6.40. The van der Waals surface area contributed by atoms with Crippen LogP contribution in [0.1, 0.15) is 65.2 Å². The van der Waals surface area contributed by atoms with Crippen LogP contribution >= 0.6 is 0 Å². The number of carbonyl (C=O) groups is 1. The minimum absolute atomic E-state index is 0.0323. The number of nitriles is 1. The van der Waals surface area contributed by atoms with Crippen molar-refractivity contribution < 1.29 is 18.0 Å². The van der Waals surface area contributed by atoms with E-state index in [1.165, 1.54) is 23.8 Å². The maximum Gasteiger partial charge on any atom is 0.416 e. The summed E-state index contributed by atoms with van der Waals surface area (Å²) in [7, 11) is 1.82. The lowest BCUT2D eigenvalue weighted by Gasteiger charge is -2.19. The Labute approximate surface area is 270 Å². The van der Waals surface area contributed by atoms with Gasteiger partial charge in [0.2, 0.25) is 0 Å². The number of benzene rings is 2. The Morgan fingerprint density at radius 3 is 2.55 bits per heavy atom. The standard InChI is InChI=1S/C35H33F3N8O/c1-20-9-29(20)41-30-13-23(25-10-21(15-39)3-4-24(25)32-43-40-19-44(32)2)14-31(42-30)46-17-27-26(33(46)47)11-22(12-28(27)35(36,37)38)16-45-8-7-34(18-45)5-6-34/h3-4,10-14,19-20,29H,5-9,16-18H2,1-2H3,(H,41,42)/t20-,29-/m0/s1. The van der Waals surface area contributed by atoms with Crippen LogP contribution in [0, 0.1) is 22.7 Å². The summed E-state index contributed by atoms with van der Waals surface area (Å²) in [6.45, 7) is 4.00. The highest BCUT2D eigenvalue weighted by Gasteiger charge is 2.48. The molecule has 4 aromatic rings. The number of likely N-dealkylation sites (tertiary alicyclic amines) is 1. The molecule has 8 rings (SSSR count). The Morgan fingerprint density at radius 1 is 1.09 bits per heavy atom. The van der Waals surface area contributed by atoms with E-state index in [1.54, 1.807) is 41.2 Å². The molecule has 47 heavy (non-hydrogen) atoms. The molecule has 2 atom stereocenters. The fraction of sp³-hybridized carbons (Fsp3) is 0.400. The lowest BCUT2D eigenvalue weighted by atomic mass is 9.97. The molecule has 0 bridgehead atoms. The van der Waals surface area contributed by atoms with Gasteiger partial charge in [0.1, 0.15) is 18.0 Å². The number of amides is 1. The van der Waals surface area contributed by atoms with E-state index in [0.29, 0.717) is 57.3 Å². The highest BCUT2D eigenvalue weighted by molar-refractivity contribution is 6.10. The monoisotopic (exact) mass is 638 g/mol. The quantitative estimate of drug-likeness (QED) is 0.250. The third-order valence-electron chi connectivity index (χ3n) is 10.2. The van der Waals surface area contributed by atoms with E-state index in [1.807, 2.05) is 13.1 Å². The first-order valence-electron chi connectivity index (χ1n) is 15.9. The Kier molecular flexibility index (Phi) is 6.70. The number of anilines is 2. The smallest absolute Gasteiger partial charge is 0.367 e. The van der Waals surface area contributed by atoms with Crippen LogP contribution in [-0.2, 0) is 26.3 Å². The molecule has 1 N–H and O–H groups in total. The van der Waals surface area contributed by atoms with Gasteiger partial charge in [-0.25, -0.2) is 4.98 Å². The van der Waals surface area contributed by atoms with Crippen molar-refractivity contribution in [2.45, 2.75) is 57.9 Å². The van der Waals surface area contributed by atoms with Gasteiger partial charge in [0, 0.05) is 37.3 Å². The number of fused-ring (bicyclic) bond motifs is 1.